The van der Waals surface area contributed by atoms with E-state index in [1.165, 1.54) is 11.8 Å². The molecule has 0 fully saturated rings. The molecule has 0 aliphatic heterocycles. The molecule has 0 atom stereocenters. The SMILES string of the molecule is CC(C)c1nnc(CSc2nnc(-c3ccc(Cl)cc3)n2Cc2ccco2)o1. The van der Waals surface area contributed by atoms with Crippen LogP contribution in [0.2, 0.25) is 5.02 Å². The lowest BCUT2D eigenvalue weighted by atomic mass is 10.2. The molecule has 1 aromatic carbocycles. The van der Waals surface area contributed by atoms with Gasteiger partial charge in [0.15, 0.2) is 11.0 Å². The maximum Gasteiger partial charge on any atom is 0.226 e. The van der Waals surface area contributed by atoms with E-state index in [-0.39, 0.29) is 5.92 Å². The quantitative estimate of drug-likeness (QED) is 0.391. The minimum Gasteiger partial charge on any atom is -0.467 e. The number of aromatic nitrogens is 5. The van der Waals surface area contributed by atoms with Crippen LogP contribution in [0.3, 0.4) is 0 Å². The van der Waals surface area contributed by atoms with Gasteiger partial charge in [-0.15, -0.1) is 20.4 Å². The van der Waals surface area contributed by atoms with E-state index in [1.54, 1.807) is 6.26 Å². The Morgan fingerprint density at radius 2 is 1.89 bits per heavy atom. The van der Waals surface area contributed by atoms with Crippen molar-refractivity contribution in [3.05, 3.63) is 65.2 Å². The average molecular weight is 416 g/mol. The van der Waals surface area contributed by atoms with Crippen molar-refractivity contribution in [2.75, 3.05) is 0 Å². The van der Waals surface area contributed by atoms with Crippen LogP contribution in [0.15, 0.2) is 56.7 Å². The van der Waals surface area contributed by atoms with Crippen molar-refractivity contribution < 1.29 is 8.83 Å². The predicted octanol–water partition coefficient (Wildman–Crippen LogP) is 5.04. The predicted molar refractivity (Wildman–Crippen MR) is 106 cm³/mol. The van der Waals surface area contributed by atoms with Gasteiger partial charge in [0.2, 0.25) is 11.8 Å². The Hall–Kier alpha value is -2.58. The number of thioether (sulfide) groups is 1. The van der Waals surface area contributed by atoms with E-state index in [2.05, 4.69) is 20.4 Å². The zero-order valence-electron chi connectivity index (χ0n) is 15.4. The Labute approximate surface area is 171 Å². The third-order valence-corrected chi connectivity index (χ3v) is 5.22. The van der Waals surface area contributed by atoms with Gasteiger partial charge >= 0.3 is 0 Å². The molecule has 28 heavy (non-hydrogen) atoms. The monoisotopic (exact) mass is 415 g/mol. The van der Waals surface area contributed by atoms with Gasteiger partial charge in [0.25, 0.3) is 0 Å². The normalized spacial score (nSPS) is 11.4. The van der Waals surface area contributed by atoms with Crippen molar-refractivity contribution in [3.63, 3.8) is 0 Å². The van der Waals surface area contributed by atoms with Crippen LogP contribution in [0.1, 0.15) is 37.3 Å². The van der Waals surface area contributed by atoms with E-state index in [1.807, 2.05) is 54.8 Å². The highest BCUT2D eigenvalue weighted by Gasteiger charge is 2.17. The zero-order valence-corrected chi connectivity index (χ0v) is 16.9. The molecule has 144 valence electrons. The van der Waals surface area contributed by atoms with Gasteiger partial charge in [-0.3, -0.25) is 4.57 Å². The van der Waals surface area contributed by atoms with Gasteiger partial charge in [-0.25, -0.2) is 0 Å². The molecular formula is C19H18ClN5O2S. The molecule has 0 N–H and O–H groups in total. The van der Waals surface area contributed by atoms with Gasteiger partial charge in [-0.2, -0.15) is 0 Å². The standard InChI is InChI=1S/C19H18ClN5O2S/c1-12(2)18-23-21-16(27-18)11-28-19-24-22-17(13-5-7-14(20)8-6-13)25(19)10-15-4-3-9-26-15/h3-9,12H,10-11H2,1-2H3. The molecule has 0 saturated heterocycles. The third kappa shape index (κ3) is 4.13. The fraction of sp³-hybridized carbons (Fsp3) is 0.263. The minimum absolute atomic E-state index is 0.199. The molecule has 0 unspecified atom stereocenters. The first-order valence-electron chi connectivity index (χ1n) is 8.76. The molecule has 3 aromatic heterocycles. The smallest absolute Gasteiger partial charge is 0.226 e. The number of rotatable bonds is 7. The second kappa shape index (κ2) is 8.20. The van der Waals surface area contributed by atoms with E-state index in [0.717, 1.165) is 22.3 Å². The zero-order chi connectivity index (χ0) is 19.5. The molecule has 4 aromatic rings. The van der Waals surface area contributed by atoms with Crippen molar-refractivity contribution in [1.29, 1.82) is 0 Å². The Balaban J connectivity index is 1.61. The van der Waals surface area contributed by atoms with Crippen LogP contribution in [0, 0.1) is 0 Å². The topological polar surface area (TPSA) is 82.8 Å². The lowest BCUT2D eigenvalue weighted by Crippen LogP contribution is -2.03. The number of halogens is 1. The van der Waals surface area contributed by atoms with Gasteiger partial charge in [0.05, 0.1) is 18.6 Å². The fourth-order valence-electron chi connectivity index (χ4n) is 2.59. The summed E-state index contributed by atoms with van der Waals surface area (Å²) < 4.78 is 13.2. The maximum atomic E-state index is 6.02. The molecule has 9 heteroatoms. The van der Waals surface area contributed by atoms with E-state index >= 15 is 0 Å². The number of hydrogen-bond donors (Lipinski definition) is 0. The molecular weight excluding hydrogens is 398 g/mol. The van der Waals surface area contributed by atoms with E-state index in [4.69, 9.17) is 20.4 Å². The van der Waals surface area contributed by atoms with Crippen molar-refractivity contribution >= 4 is 23.4 Å². The molecule has 3 heterocycles. The van der Waals surface area contributed by atoms with E-state index in [0.29, 0.717) is 29.1 Å². The first-order valence-corrected chi connectivity index (χ1v) is 10.1. The van der Waals surface area contributed by atoms with Crippen LogP contribution < -0.4 is 0 Å². The Morgan fingerprint density at radius 1 is 1.07 bits per heavy atom. The molecule has 7 nitrogen and oxygen atoms in total. The molecule has 0 aliphatic rings. The Bertz CT molecular complexity index is 1040. The minimum atomic E-state index is 0.199. The second-order valence-corrected chi connectivity index (χ2v) is 7.83. The number of hydrogen-bond acceptors (Lipinski definition) is 7. The van der Waals surface area contributed by atoms with Crippen LogP contribution >= 0.6 is 23.4 Å². The van der Waals surface area contributed by atoms with Crippen LogP contribution in [-0.4, -0.2) is 25.0 Å². The van der Waals surface area contributed by atoms with Crippen molar-refractivity contribution in [2.24, 2.45) is 0 Å². The van der Waals surface area contributed by atoms with Crippen LogP contribution in [-0.2, 0) is 12.3 Å². The first-order chi connectivity index (χ1) is 13.6. The highest BCUT2D eigenvalue weighted by atomic mass is 35.5. The molecule has 0 bridgehead atoms. The van der Waals surface area contributed by atoms with E-state index < -0.39 is 0 Å². The van der Waals surface area contributed by atoms with Crippen molar-refractivity contribution in [3.8, 4) is 11.4 Å². The van der Waals surface area contributed by atoms with Crippen molar-refractivity contribution in [1.82, 2.24) is 25.0 Å². The van der Waals surface area contributed by atoms with Gasteiger partial charge in [-0.05, 0) is 36.4 Å². The number of nitrogens with zero attached hydrogens (tertiary/aromatic N) is 5. The highest BCUT2D eigenvalue weighted by Crippen LogP contribution is 2.28. The van der Waals surface area contributed by atoms with Crippen LogP contribution in [0.5, 0.6) is 0 Å². The summed E-state index contributed by atoms with van der Waals surface area (Å²) in [7, 11) is 0. The molecule has 0 spiro atoms. The third-order valence-electron chi connectivity index (χ3n) is 4.01. The molecule has 0 amide bonds. The summed E-state index contributed by atoms with van der Waals surface area (Å²) in [6.45, 7) is 4.55. The first kappa shape index (κ1) is 18.8. The largest absolute Gasteiger partial charge is 0.467 e. The summed E-state index contributed by atoms with van der Waals surface area (Å²) in [4.78, 5) is 0. The maximum absolute atomic E-state index is 6.02. The molecule has 4 rings (SSSR count). The summed E-state index contributed by atoms with van der Waals surface area (Å²) in [6.07, 6.45) is 1.65. The van der Waals surface area contributed by atoms with Gasteiger partial charge in [0.1, 0.15) is 5.76 Å². The lowest BCUT2D eigenvalue weighted by molar-refractivity contribution is 0.445. The Morgan fingerprint density at radius 3 is 2.57 bits per heavy atom. The lowest BCUT2D eigenvalue weighted by Gasteiger charge is -2.08. The van der Waals surface area contributed by atoms with Gasteiger partial charge in [0, 0.05) is 16.5 Å². The van der Waals surface area contributed by atoms with E-state index in [9.17, 15) is 0 Å². The second-order valence-electron chi connectivity index (χ2n) is 6.46. The number of benzene rings is 1. The Kier molecular flexibility index (Phi) is 5.50. The number of furan rings is 1. The molecule has 0 saturated carbocycles. The summed E-state index contributed by atoms with van der Waals surface area (Å²) in [6, 6.07) is 11.3. The van der Waals surface area contributed by atoms with Gasteiger partial charge < -0.3 is 8.83 Å². The summed E-state index contributed by atoms with van der Waals surface area (Å²) >= 11 is 7.51. The highest BCUT2D eigenvalue weighted by molar-refractivity contribution is 7.98. The fourth-order valence-corrected chi connectivity index (χ4v) is 3.49. The van der Waals surface area contributed by atoms with Crippen LogP contribution in [0.4, 0.5) is 0 Å². The summed E-state index contributed by atoms with van der Waals surface area (Å²) in [5, 5.41) is 18.3. The molecule has 0 aliphatic carbocycles. The van der Waals surface area contributed by atoms with Crippen molar-refractivity contribution in [2.45, 2.75) is 37.2 Å². The molecule has 0 radical (unpaired) electrons. The summed E-state index contributed by atoms with van der Waals surface area (Å²) in [5.41, 5.74) is 0.926. The summed E-state index contributed by atoms with van der Waals surface area (Å²) in [5.74, 6) is 3.46. The van der Waals surface area contributed by atoms with Crippen LogP contribution in [0.25, 0.3) is 11.4 Å². The van der Waals surface area contributed by atoms with Gasteiger partial charge in [-0.1, -0.05) is 37.2 Å². The average Bonchev–Trinajstić information content (AvgIpc) is 3.42.